The van der Waals surface area contributed by atoms with Gasteiger partial charge in [-0.25, -0.2) is 9.97 Å². The number of fused-ring (bicyclic) bond motifs is 1. The number of carbonyl (C=O) groups excluding carboxylic acids is 2. The zero-order chi connectivity index (χ0) is 20.4. The van der Waals surface area contributed by atoms with Crippen LogP contribution in [0.3, 0.4) is 0 Å². The lowest BCUT2D eigenvalue weighted by Gasteiger charge is -2.06. The van der Waals surface area contributed by atoms with Crippen LogP contribution in [0, 0.1) is 0 Å². The third kappa shape index (κ3) is 4.09. The minimum atomic E-state index is -0.320. The largest absolute Gasteiger partial charge is 0.337 e. The Bertz CT molecular complexity index is 1230. The molecule has 4 aromatic rings. The summed E-state index contributed by atoms with van der Waals surface area (Å²) in [5.74, 6) is 0.140. The molecule has 0 fully saturated rings. The standard InChI is InChI=1S/C21H16ClN5O2/c1-12(28)24-14-6-4-5-13(9-14)19-26-18-10-15(11-23-20(18)27-19)25-21(29)16-7-2-3-8-17(16)22/h2-11H,1H3,(H,24,28)(H,25,29)(H,23,26,27). The van der Waals surface area contributed by atoms with Gasteiger partial charge < -0.3 is 15.6 Å². The topological polar surface area (TPSA) is 99.8 Å². The number of aromatic nitrogens is 3. The van der Waals surface area contributed by atoms with Gasteiger partial charge in [0.1, 0.15) is 5.82 Å². The van der Waals surface area contributed by atoms with Crippen LogP contribution >= 0.6 is 11.6 Å². The number of benzene rings is 2. The number of rotatable bonds is 4. The third-order valence-electron chi connectivity index (χ3n) is 4.17. The molecule has 0 aliphatic carbocycles. The quantitative estimate of drug-likeness (QED) is 0.465. The molecule has 29 heavy (non-hydrogen) atoms. The van der Waals surface area contributed by atoms with E-state index in [1.54, 1.807) is 36.4 Å². The number of H-pyrrole nitrogens is 1. The maximum absolute atomic E-state index is 12.4. The summed E-state index contributed by atoms with van der Waals surface area (Å²) >= 11 is 6.08. The molecule has 8 heteroatoms. The van der Waals surface area contributed by atoms with Crippen LogP contribution in [0.2, 0.25) is 5.02 Å². The highest BCUT2D eigenvalue weighted by atomic mass is 35.5. The number of amides is 2. The Hall–Kier alpha value is -3.71. The Morgan fingerprint density at radius 3 is 2.62 bits per heavy atom. The molecule has 2 aromatic carbocycles. The van der Waals surface area contributed by atoms with E-state index in [0.717, 1.165) is 5.56 Å². The fraction of sp³-hybridized carbons (Fsp3) is 0.0476. The number of pyridine rings is 1. The lowest BCUT2D eigenvalue weighted by molar-refractivity contribution is -0.114. The van der Waals surface area contributed by atoms with E-state index in [0.29, 0.717) is 38.9 Å². The maximum Gasteiger partial charge on any atom is 0.257 e. The normalized spacial score (nSPS) is 10.7. The van der Waals surface area contributed by atoms with Crippen molar-refractivity contribution >= 4 is 46.0 Å². The van der Waals surface area contributed by atoms with Crippen molar-refractivity contribution in [2.24, 2.45) is 0 Å². The van der Waals surface area contributed by atoms with Gasteiger partial charge in [0.05, 0.1) is 28.0 Å². The number of anilines is 2. The smallest absolute Gasteiger partial charge is 0.257 e. The van der Waals surface area contributed by atoms with Gasteiger partial charge in [-0.05, 0) is 30.3 Å². The number of halogens is 1. The predicted molar refractivity (Wildman–Crippen MR) is 113 cm³/mol. The summed E-state index contributed by atoms with van der Waals surface area (Å²) in [6.07, 6.45) is 1.54. The Labute approximate surface area is 171 Å². The molecular weight excluding hydrogens is 390 g/mol. The van der Waals surface area contributed by atoms with Crippen LogP contribution in [0.15, 0.2) is 60.8 Å². The van der Waals surface area contributed by atoms with Crippen molar-refractivity contribution in [1.82, 2.24) is 15.0 Å². The number of carbonyl (C=O) groups is 2. The van der Waals surface area contributed by atoms with Crippen LogP contribution in [0.25, 0.3) is 22.6 Å². The first-order valence-electron chi connectivity index (χ1n) is 8.79. The molecule has 0 saturated heterocycles. The van der Waals surface area contributed by atoms with Gasteiger partial charge >= 0.3 is 0 Å². The highest BCUT2D eigenvalue weighted by Gasteiger charge is 2.12. The van der Waals surface area contributed by atoms with Gasteiger partial charge in [-0.2, -0.15) is 0 Å². The van der Waals surface area contributed by atoms with E-state index in [1.165, 1.54) is 13.1 Å². The molecule has 4 rings (SSSR count). The van der Waals surface area contributed by atoms with Gasteiger partial charge in [0, 0.05) is 18.2 Å². The Morgan fingerprint density at radius 1 is 1.00 bits per heavy atom. The molecule has 0 unspecified atom stereocenters. The van der Waals surface area contributed by atoms with Gasteiger partial charge in [0.2, 0.25) is 5.91 Å². The molecule has 3 N–H and O–H groups in total. The van der Waals surface area contributed by atoms with Crippen LogP contribution in [-0.2, 0) is 4.79 Å². The van der Waals surface area contributed by atoms with Crippen LogP contribution in [-0.4, -0.2) is 26.8 Å². The first-order valence-corrected chi connectivity index (χ1v) is 9.17. The zero-order valence-electron chi connectivity index (χ0n) is 15.4. The number of nitrogens with zero attached hydrogens (tertiary/aromatic N) is 2. The summed E-state index contributed by atoms with van der Waals surface area (Å²) < 4.78 is 0. The second-order valence-corrected chi connectivity index (χ2v) is 6.78. The SMILES string of the molecule is CC(=O)Nc1cccc(-c2nc3ncc(NC(=O)c4ccccc4Cl)cc3[nH]2)c1. The Morgan fingerprint density at radius 2 is 1.83 bits per heavy atom. The first kappa shape index (κ1) is 18.6. The summed E-state index contributed by atoms with van der Waals surface area (Å²) in [4.78, 5) is 35.7. The zero-order valence-corrected chi connectivity index (χ0v) is 16.1. The molecule has 0 spiro atoms. The molecule has 0 saturated carbocycles. The number of nitrogens with one attached hydrogen (secondary N) is 3. The van der Waals surface area contributed by atoms with Crippen molar-refractivity contribution in [1.29, 1.82) is 0 Å². The average Bonchev–Trinajstić information content (AvgIpc) is 3.11. The molecule has 7 nitrogen and oxygen atoms in total. The summed E-state index contributed by atoms with van der Waals surface area (Å²) in [5, 5.41) is 5.91. The van der Waals surface area contributed by atoms with E-state index in [4.69, 9.17) is 11.6 Å². The molecular formula is C21H16ClN5O2. The van der Waals surface area contributed by atoms with E-state index in [1.807, 2.05) is 18.2 Å². The van der Waals surface area contributed by atoms with Crippen molar-refractivity contribution in [2.75, 3.05) is 10.6 Å². The summed E-state index contributed by atoms with van der Waals surface area (Å²) in [6.45, 7) is 1.45. The number of imidazole rings is 1. The van der Waals surface area contributed by atoms with Crippen LogP contribution in [0.4, 0.5) is 11.4 Å². The summed E-state index contributed by atoms with van der Waals surface area (Å²) in [6, 6.07) is 15.9. The van der Waals surface area contributed by atoms with Crippen molar-refractivity contribution in [3.8, 4) is 11.4 Å². The highest BCUT2D eigenvalue weighted by molar-refractivity contribution is 6.34. The lowest BCUT2D eigenvalue weighted by Crippen LogP contribution is -2.12. The fourth-order valence-electron chi connectivity index (χ4n) is 2.90. The van der Waals surface area contributed by atoms with Gasteiger partial charge in [-0.15, -0.1) is 0 Å². The van der Waals surface area contributed by atoms with E-state index < -0.39 is 0 Å². The van der Waals surface area contributed by atoms with Crippen LogP contribution in [0.1, 0.15) is 17.3 Å². The van der Waals surface area contributed by atoms with Gasteiger partial charge in [-0.3, -0.25) is 9.59 Å². The summed E-state index contributed by atoms with van der Waals surface area (Å²) in [5.41, 5.74) is 3.56. The molecule has 0 bridgehead atoms. The number of hydrogen-bond acceptors (Lipinski definition) is 4. The fourth-order valence-corrected chi connectivity index (χ4v) is 3.12. The van der Waals surface area contributed by atoms with Gasteiger partial charge in [0.25, 0.3) is 5.91 Å². The van der Waals surface area contributed by atoms with Crippen molar-refractivity contribution in [3.63, 3.8) is 0 Å². The molecule has 2 amide bonds. The second kappa shape index (κ2) is 7.73. The van der Waals surface area contributed by atoms with Crippen molar-refractivity contribution in [3.05, 3.63) is 71.4 Å². The van der Waals surface area contributed by atoms with Gasteiger partial charge in [0.15, 0.2) is 5.65 Å². The monoisotopic (exact) mass is 405 g/mol. The minimum absolute atomic E-state index is 0.146. The average molecular weight is 406 g/mol. The Balaban J connectivity index is 1.61. The first-order chi connectivity index (χ1) is 14.0. The van der Waals surface area contributed by atoms with Crippen LogP contribution in [0.5, 0.6) is 0 Å². The predicted octanol–water partition coefficient (Wildman–Crippen LogP) is 4.49. The molecule has 2 aromatic heterocycles. The summed E-state index contributed by atoms with van der Waals surface area (Å²) in [7, 11) is 0. The highest BCUT2D eigenvalue weighted by Crippen LogP contribution is 2.24. The lowest BCUT2D eigenvalue weighted by atomic mass is 10.2. The third-order valence-corrected chi connectivity index (χ3v) is 4.50. The second-order valence-electron chi connectivity index (χ2n) is 6.38. The van der Waals surface area contributed by atoms with Crippen molar-refractivity contribution < 1.29 is 9.59 Å². The molecule has 0 aliphatic heterocycles. The van der Waals surface area contributed by atoms with Gasteiger partial charge in [-0.1, -0.05) is 35.9 Å². The molecule has 0 aliphatic rings. The Kier molecular flexibility index (Phi) is 4.97. The molecule has 2 heterocycles. The van der Waals surface area contributed by atoms with E-state index >= 15 is 0 Å². The molecule has 144 valence electrons. The van der Waals surface area contributed by atoms with Crippen molar-refractivity contribution in [2.45, 2.75) is 6.92 Å². The number of hydrogen-bond donors (Lipinski definition) is 3. The van der Waals surface area contributed by atoms with E-state index in [9.17, 15) is 9.59 Å². The minimum Gasteiger partial charge on any atom is -0.337 e. The number of aromatic amines is 1. The van der Waals surface area contributed by atoms with E-state index in [2.05, 4.69) is 25.6 Å². The maximum atomic E-state index is 12.4. The van der Waals surface area contributed by atoms with Crippen LogP contribution < -0.4 is 10.6 Å². The van der Waals surface area contributed by atoms with E-state index in [-0.39, 0.29) is 11.8 Å². The molecule has 0 radical (unpaired) electrons. The molecule has 0 atom stereocenters.